The van der Waals surface area contributed by atoms with Crippen LogP contribution in [0.3, 0.4) is 0 Å². The monoisotopic (exact) mass is 316 g/mol. The number of rotatable bonds is 7. The number of pyridine rings is 1. The van der Waals surface area contributed by atoms with E-state index in [0.717, 1.165) is 0 Å². The normalized spacial score (nSPS) is 11.9. The zero-order valence-electron chi connectivity index (χ0n) is 11.4. The molecule has 1 unspecified atom stereocenters. The van der Waals surface area contributed by atoms with Crippen LogP contribution in [0.1, 0.15) is 29.4 Å². The predicted molar refractivity (Wildman–Crippen MR) is 80.5 cm³/mol. The quantitative estimate of drug-likeness (QED) is 0.754. The molecule has 0 aliphatic carbocycles. The van der Waals surface area contributed by atoms with E-state index >= 15 is 0 Å². The minimum atomic E-state index is -1.04. The van der Waals surface area contributed by atoms with Crippen molar-refractivity contribution in [2.45, 2.75) is 25.8 Å². The summed E-state index contributed by atoms with van der Waals surface area (Å²) in [6, 6.07) is 2.16. The van der Waals surface area contributed by atoms with Crippen LogP contribution < -0.4 is 5.32 Å². The third-order valence-electron chi connectivity index (χ3n) is 2.69. The number of aryl methyl sites for hydroxylation is 1. The van der Waals surface area contributed by atoms with E-state index in [1.165, 1.54) is 17.8 Å². The summed E-state index contributed by atoms with van der Waals surface area (Å²) in [5, 5.41) is 11.8. The van der Waals surface area contributed by atoms with E-state index < -0.39 is 17.9 Å². The van der Waals surface area contributed by atoms with Crippen LogP contribution in [0.15, 0.2) is 12.1 Å². The minimum absolute atomic E-state index is 0.227. The highest BCUT2D eigenvalue weighted by atomic mass is 35.5. The van der Waals surface area contributed by atoms with Crippen molar-refractivity contribution in [2.75, 3.05) is 12.0 Å². The van der Waals surface area contributed by atoms with E-state index in [0.29, 0.717) is 29.9 Å². The Balaban J connectivity index is 2.83. The number of hydrogen-bond acceptors (Lipinski definition) is 4. The number of nitrogens with zero attached hydrogens (tertiary/aromatic N) is 1. The average Bonchev–Trinajstić information content (AvgIpc) is 2.42. The number of halogens is 1. The van der Waals surface area contributed by atoms with Gasteiger partial charge in [-0.1, -0.05) is 18.5 Å². The van der Waals surface area contributed by atoms with Gasteiger partial charge in [0.25, 0.3) is 5.91 Å². The molecule has 2 N–H and O–H groups in total. The van der Waals surface area contributed by atoms with Crippen LogP contribution in [0, 0.1) is 0 Å². The molecule has 1 amide bonds. The lowest BCUT2D eigenvalue weighted by atomic mass is 10.1. The number of aromatic nitrogens is 1. The lowest BCUT2D eigenvalue weighted by Gasteiger charge is -2.14. The van der Waals surface area contributed by atoms with Crippen molar-refractivity contribution >= 4 is 35.2 Å². The van der Waals surface area contributed by atoms with Gasteiger partial charge in [-0.2, -0.15) is 11.8 Å². The molecule has 0 aromatic carbocycles. The maximum atomic E-state index is 12.1. The Labute approximate surface area is 127 Å². The second-order valence-electron chi connectivity index (χ2n) is 4.17. The lowest BCUT2D eigenvalue weighted by molar-refractivity contribution is -0.139. The molecule has 0 saturated heterocycles. The van der Waals surface area contributed by atoms with E-state index in [-0.39, 0.29) is 5.15 Å². The molecule has 1 aromatic heterocycles. The molecule has 1 aromatic rings. The Bertz CT molecular complexity index is 497. The number of hydrogen-bond donors (Lipinski definition) is 2. The van der Waals surface area contributed by atoms with Crippen LogP contribution in [0.2, 0.25) is 5.15 Å². The van der Waals surface area contributed by atoms with Gasteiger partial charge in [-0.25, -0.2) is 9.78 Å². The number of carboxylic acid groups (broad SMARTS) is 1. The first-order valence-corrected chi connectivity index (χ1v) is 7.94. The highest BCUT2D eigenvalue weighted by molar-refractivity contribution is 7.98. The number of carboxylic acids is 1. The van der Waals surface area contributed by atoms with Crippen LogP contribution in [0.25, 0.3) is 0 Å². The second kappa shape index (κ2) is 8.11. The highest BCUT2D eigenvalue weighted by Gasteiger charge is 2.20. The van der Waals surface area contributed by atoms with Crippen molar-refractivity contribution in [2.24, 2.45) is 0 Å². The fourth-order valence-corrected chi connectivity index (χ4v) is 2.30. The van der Waals surface area contributed by atoms with Crippen LogP contribution in [-0.2, 0) is 11.2 Å². The molecule has 110 valence electrons. The lowest BCUT2D eigenvalue weighted by Crippen LogP contribution is -2.41. The van der Waals surface area contributed by atoms with Gasteiger partial charge in [-0.05, 0) is 37.0 Å². The van der Waals surface area contributed by atoms with Crippen molar-refractivity contribution in [1.29, 1.82) is 0 Å². The molecule has 1 rings (SSSR count). The summed E-state index contributed by atoms with van der Waals surface area (Å²) in [4.78, 5) is 27.2. The molecule has 0 radical (unpaired) electrons. The van der Waals surface area contributed by atoms with E-state index in [1.54, 1.807) is 6.07 Å². The number of carbonyl (C=O) groups is 2. The molecular formula is C13H17ClN2O3S. The Hall–Kier alpha value is -1.27. The van der Waals surface area contributed by atoms with Gasteiger partial charge in [0.1, 0.15) is 11.2 Å². The van der Waals surface area contributed by atoms with Crippen molar-refractivity contribution in [1.82, 2.24) is 10.3 Å². The Morgan fingerprint density at radius 1 is 1.50 bits per heavy atom. The molecule has 0 saturated carbocycles. The minimum Gasteiger partial charge on any atom is -0.480 e. The number of carbonyl (C=O) groups excluding carboxylic acids is 1. The summed E-state index contributed by atoms with van der Waals surface area (Å²) in [5.74, 6) is -0.824. The summed E-state index contributed by atoms with van der Waals surface area (Å²) in [6.45, 7) is 1.90. The Kier molecular flexibility index (Phi) is 6.81. The van der Waals surface area contributed by atoms with Crippen LogP contribution in [0.4, 0.5) is 0 Å². The van der Waals surface area contributed by atoms with Crippen LogP contribution in [0.5, 0.6) is 0 Å². The first kappa shape index (κ1) is 16.8. The Morgan fingerprint density at radius 2 is 2.20 bits per heavy atom. The number of aliphatic carboxylic acids is 1. The standard InChI is InChI=1S/C13H17ClN2O3S/c1-3-9-6-8(7-11(14)15-9)12(17)16-10(13(18)19)4-5-20-2/h6-7,10H,3-5H2,1-2H3,(H,16,17)(H,18,19). The number of nitrogens with one attached hydrogen (secondary N) is 1. The zero-order valence-corrected chi connectivity index (χ0v) is 12.9. The fraction of sp³-hybridized carbons (Fsp3) is 0.462. The van der Waals surface area contributed by atoms with Gasteiger partial charge >= 0.3 is 5.97 Å². The van der Waals surface area contributed by atoms with Crippen LogP contribution >= 0.6 is 23.4 Å². The molecule has 0 aliphatic heterocycles. The maximum Gasteiger partial charge on any atom is 0.326 e. The molecule has 0 bridgehead atoms. The molecule has 7 heteroatoms. The smallest absolute Gasteiger partial charge is 0.326 e. The van der Waals surface area contributed by atoms with Crippen molar-refractivity contribution < 1.29 is 14.7 Å². The summed E-state index contributed by atoms with van der Waals surface area (Å²) in [6.07, 6.45) is 2.91. The molecule has 1 atom stereocenters. The van der Waals surface area contributed by atoms with Crippen molar-refractivity contribution in [3.63, 3.8) is 0 Å². The van der Waals surface area contributed by atoms with Gasteiger partial charge < -0.3 is 10.4 Å². The third kappa shape index (κ3) is 5.02. The fourth-order valence-electron chi connectivity index (χ4n) is 1.60. The predicted octanol–water partition coefficient (Wildman–Crippen LogP) is 2.23. The maximum absolute atomic E-state index is 12.1. The van der Waals surface area contributed by atoms with Crippen LogP contribution in [-0.4, -0.2) is 40.0 Å². The molecule has 0 spiro atoms. The highest BCUT2D eigenvalue weighted by Crippen LogP contribution is 2.12. The van der Waals surface area contributed by atoms with E-state index in [1.807, 2.05) is 13.2 Å². The van der Waals surface area contributed by atoms with Crippen molar-refractivity contribution in [3.8, 4) is 0 Å². The molecule has 1 heterocycles. The number of amides is 1. The molecule has 0 aliphatic rings. The second-order valence-corrected chi connectivity index (χ2v) is 5.54. The van der Waals surface area contributed by atoms with Gasteiger partial charge in [0, 0.05) is 11.3 Å². The first-order chi connectivity index (χ1) is 9.47. The third-order valence-corrected chi connectivity index (χ3v) is 3.52. The SMILES string of the molecule is CCc1cc(C(=O)NC(CCSC)C(=O)O)cc(Cl)n1. The topological polar surface area (TPSA) is 79.3 Å². The molecule has 0 fully saturated rings. The largest absolute Gasteiger partial charge is 0.480 e. The molecule has 20 heavy (non-hydrogen) atoms. The van der Waals surface area contributed by atoms with Gasteiger partial charge in [0.2, 0.25) is 0 Å². The van der Waals surface area contributed by atoms with E-state index in [9.17, 15) is 9.59 Å². The first-order valence-electron chi connectivity index (χ1n) is 6.17. The van der Waals surface area contributed by atoms with E-state index in [2.05, 4.69) is 10.3 Å². The van der Waals surface area contributed by atoms with Gasteiger partial charge in [0.05, 0.1) is 0 Å². The van der Waals surface area contributed by atoms with Gasteiger partial charge in [-0.15, -0.1) is 0 Å². The Morgan fingerprint density at radius 3 is 2.75 bits per heavy atom. The number of thioether (sulfide) groups is 1. The van der Waals surface area contributed by atoms with Crippen molar-refractivity contribution in [3.05, 3.63) is 28.5 Å². The summed E-state index contributed by atoms with van der Waals surface area (Å²) in [5.41, 5.74) is 1.02. The molecule has 5 nitrogen and oxygen atoms in total. The summed E-state index contributed by atoms with van der Waals surface area (Å²) in [7, 11) is 0. The molecular weight excluding hydrogens is 300 g/mol. The van der Waals surface area contributed by atoms with Gasteiger partial charge in [0.15, 0.2) is 0 Å². The average molecular weight is 317 g/mol. The summed E-state index contributed by atoms with van der Waals surface area (Å²) >= 11 is 7.38. The van der Waals surface area contributed by atoms with Gasteiger partial charge in [-0.3, -0.25) is 4.79 Å². The van der Waals surface area contributed by atoms with E-state index in [4.69, 9.17) is 16.7 Å². The zero-order chi connectivity index (χ0) is 15.1. The summed E-state index contributed by atoms with van der Waals surface area (Å²) < 4.78 is 0.